The van der Waals surface area contributed by atoms with Crippen molar-refractivity contribution in [3.8, 4) is 0 Å². The van der Waals surface area contributed by atoms with Crippen molar-refractivity contribution in [1.82, 2.24) is 10.2 Å². The standard InChI is InChI=1S/C16H26N2O/c1-10-9-17-3-2-15(19)18(10)16-13-5-11-4-12(7-13)8-14(16)6-11/h10-14,16-17H,2-9H2,1H3. The molecule has 5 aliphatic rings. The summed E-state index contributed by atoms with van der Waals surface area (Å²) >= 11 is 0. The topological polar surface area (TPSA) is 32.3 Å². The molecule has 4 aliphatic carbocycles. The van der Waals surface area contributed by atoms with Gasteiger partial charge in [-0.15, -0.1) is 0 Å². The summed E-state index contributed by atoms with van der Waals surface area (Å²) in [7, 11) is 0. The molecule has 1 heterocycles. The Balaban J connectivity index is 1.62. The first-order valence-electron chi connectivity index (χ1n) is 8.24. The van der Waals surface area contributed by atoms with E-state index in [0.29, 0.717) is 24.4 Å². The number of carbonyl (C=O) groups excluding carboxylic acids is 1. The lowest BCUT2D eigenvalue weighted by Gasteiger charge is -2.58. The Labute approximate surface area is 116 Å². The summed E-state index contributed by atoms with van der Waals surface area (Å²) in [5.41, 5.74) is 0. The maximum absolute atomic E-state index is 12.5. The van der Waals surface area contributed by atoms with Crippen LogP contribution in [0.1, 0.15) is 45.4 Å². The normalized spacial score (nSPS) is 49.5. The lowest BCUT2D eigenvalue weighted by Crippen LogP contribution is -2.60. The zero-order valence-corrected chi connectivity index (χ0v) is 12.0. The van der Waals surface area contributed by atoms with Gasteiger partial charge in [0.05, 0.1) is 0 Å². The highest BCUT2D eigenvalue weighted by atomic mass is 16.2. The van der Waals surface area contributed by atoms with Gasteiger partial charge in [-0.2, -0.15) is 0 Å². The number of carbonyl (C=O) groups is 1. The van der Waals surface area contributed by atoms with Gasteiger partial charge < -0.3 is 10.2 Å². The average Bonchev–Trinajstić information content (AvgIpc) is 2.52. The minimum absolute atomic E-state index is 0.387. The van der Waals surface area contributed by atoms with Crippen molar-refractivity contribution in [3.05, 3.63) is 0 Å². The summed E-state index contributed by atoms with van der Waals surface area (Å²) < 4.78 is 0. The molecule has 1 unspecified atom stereocenters. The molecule has 0 aromatic heterocycles. The number of nitrogens with zero attached hydrogens (tertiary/aromatic N) is 1. The zero-order chi connectivity index (χ0) is 13.0. The molecule has 5 rings (SSSR count). The van der Waals surface area contributed by atoms with Crippen LogP contribution in [0.4, 0.5) is 0 Å². The predicted molar refractivity (Wildman–Crippen MR) is 74.6 cm³/mol. The monoisotopic (exact) mass is 262 g/mol. The maximum Gasteiger partial charge on any atom is 0.224 e. The molecule has 5 fully saturated rings. The highest BCUT2D eigenvalue weighted by Gasteiger charge is 2.51. The average molecular weight is 262 g/mol. The summed E-state index contributed by atoms with van der Waals surface area (Å²) in [6.45, 7) is 4.09. The molecule has 1 N–H and O–H groups in total. The Bertz CT molecular complexity index is 353. The van der Waals surface area contributed by atoms with E-state index in [1.165, 1.54) is 32.1 Å². The van der Waals surface area contributed by atoms with Gasteiger partial charge in [0.25, 0.3) is 0 Å². The number of amides is 1. The summed E-state index contributed by atoms with van der Waals surface area (Å²) in [5, 5.41) is 3.42. The van der Waals surface area contributed by atoms with Gasteiger partial charge in [0.2, 0.25) is 5.91 Å². The highest BCUT2D eigenvalue weighted by Crippen LogP contribution is 2.55. The molecule has 0 radical (unpaired) electrons. The van der Waals surface area contributed by atoms with E-state index >= 15 is 0 Å². The lowest BCUT2D eigenvalue weighted by molar-refractivity contribution is -0.146. The van der Waals surface area contributed by atoms with Gasteiger partial charge in [0, 0.05) is 31.6 Å². The summed E-state index contributed by atoms with van der Waals surface area (Å²) in [4.78, 5) is 14.8. The molecular formula is C16H26N2O. The Kier molecular flexibility index (Phi) is 2.87. The van der Waals surface area contributed by atoms with Gasteiger partial charge in [0.15, 0.2) is 0 Å². The smallest absolute Gasteiger partial charge is 0.224 e. The second kappa shape index (κ2) is 4.47. The van der Waals surface area contributed by atoms with E-state index in [1.54, 1.807) is 0 Å². The third-order valence-corrected chi connectivity index (χ3v) is 6.22. The van der Waals surface area contributed by atoms with Crippen molar-refractivity contribution >= 4 is 5.91 Å². The van der Waals surface area contributed by atoms with Crippen LogP contribution in [-0.4, -0.2) is 36.0 Å². The van der Waals surface area contributed by atoms with Crippen LogP contribution in [0, 0.1) is 23.7 Å². The highest BCUT2D eigenvalue weighted by molar-refractivity contribution is 5.77. The van der Waals surface area contributed by atoms with E-state index in [0.717, 1.165) is 36.8 Å². The number of rotatable bonds is 1. The Morgan fingerprint density at radius 2 is 1.68 bits per heavy atom. The second-order valence-electron chi connectivity index (χ2n) is 7.53. The summed E-state index contributed by atoms with van der Waals surface area (Å²) in [5.74, 6) is 4.04. The molecule has 3 heteroatoms. The van der Waals surface area contributed by atoms with E-state index in [1.807, 2.05) is 0 Å². The van der Waals surface area contributed by atoms with Crippen molar-refractivity contribution in [1.29, 1.82) is 0 Å². The van der Waals surface area contributed by atoms with Crippen LogP contribution in [0.2, 0.25) is 0 Å². The van der Waals surface area contributed by atoms with Gasteiger partial charge in [-0.1, -0.05) is 0 Å². The minimum Gasteiger partial charge on any atom is -0.335 e. The van der Waals surface area contributed by atoms with Crippen molar-refractivity contribution in [2.75, 3.05) is 13.1 Å². The van der Waals surface area contributed by atoms with Gasteiger partial charge in [-0.25, -0.2) is 0 Å². The van der Waals surface area contributed by atoms with Crippen LogP contribution in [0.25, 0.3) is 0 Å². The largest absolute Gasteiger partial charge is 0.335 e. The van der Waals surface area contributed by atoms with Crippen LogP contribution < -0.4 is 5.32 Å². The first-order chi connectivity index (χ1) is 9.22. The van der Waals surface area contributed by atoms with E-state index in [2.05, 4.69) is 17.1 Å². The van der Waals surface area contributed by atoms with Gasteiger partial charge in [0.1, 0.15) is 0 Å². The van der Waals surface area contributed by atoms with Crippen molar-refractivity contribution in [2.45, 2.75) is 57.5 Å². The summed E-state index contributed by atoms with van der Waals surface area (Å²) in [6.07, 6.45) is 7.81. The number of nitrogens with one attached hydrogen (secondary N) is 1. The molecule has 1 aliphatic heterocycles. The quantitative estimate of drug-likeness (QED) is 0.784. The third kappa shape index (κ3) is 1.93. The number of hydrogen-bond donors (Lipinski definition) is 1. The molecule has 1 atom stereocenters. The molecule has 1 amide bonds. The second-order valence-corrected chi connectivity index (χ2v) is 7.53. The number of hydrogen-bond acceptors (Lipinski definition) is 2. The Morgan fingerprint density at radius 3 is 2.32 bits per heavy atom. The molecule has 106 valence electrons. The fraction of sp³-hybridized carbons (Fsp3) is 0.938. The van der Waals surface area contributed by atoms with Crippen LogP contribution in [0.3, 0.4) is 0 Å². The molecule has 0 aromatic carbocycles. The molecule has 3 nitrogen and oxygen atoms in total. The summed E-state index contributed by atoms with van der Waals surface area (Å²) in [6, 6.07) is 0.965. The van der Waals surface area contributed by atoms with E-state index < -0.39 is 0 Å². The van der Waals surface area contributed by atoms with Gasteiger partial charge in [-0.3, -0.25) is 4.79 Å². The first kappa shape index (κ1) is 12.2. The minimum atomic E-state index is 0.387. The van der Waals surface area contributed by atoms with Crippen molar-refractivity contribution < 1.29 is 4.79 Å². The molecule has 1 saturated heterocycles. The van der Waals surface area contributed by atoms with Gasteiger partial charge >= 0.3 is 0 Å². The van der Waals surface area contributed by atoms with E-state index in [9.17, 15) is 4.79 Å². The van der Waals surface area contributed by atoms with Crippen LogP contribution in [-0.2, 0) is 4.79 Å². The SMILES string of the molecule is CC1CNCCC(=O)N1C1C2CC3CC(C2)CC1C3. The van der Waals surface area contributed by atoms with Crippen LogP contribution in [0.15, 0.2) is 0 Å². The van der Waals surface area contributed by atoms with Crippen molar-refractivity contribution in [2.24, 2.45) is 23.7 Å². The van der Waals surface area contributed by atoms with Crippen LogP contribution in [0.5, 0.6) is 0 Å². The molecule has 4 saturated carbocycles. The first-order valence-corrected chi connectivity index (χ1v) is 8.24. The molecule has 4 bridgehead atoms. The predicted octanol–water partition coefficient (Wildman–Crippen LogP) is 2.02. The lowest BCUT2D eigenvalue weighted by atomic mass is 9.53. The van der Waals surface area contributed by atoms with Crippen molar-refractivity contribution in [3.63, 3.8) is 0 Å². The van der Waals surface area contributed by atoms with Crippen LogP contribution >= 0.6 is 0 Å². The zero-order valence-electron chi connectivity index (χ0n) is 12.0. The Morgan fingerprint density at radius 1 is 1.05 bits per heavy atom. The fourth-order valence-electron chi connectivity index (χ4n) is 5.79. The fourth-order valence-corrected chi connectivity index (χ4v) is 5.79. The maximum atomic E-state index is 12.5. The van der Waals surface area contributed by atoms with E-state index in [4.69, 9.17) is 0 Å². The van der Waals surface area contributed by atoms with Gasteiger partial charge in [-0.05, 0) is 62.7 Å². The molecule has 19 heavy (non-hydrogen) atoms. The molecule has 0 aromatic rings. The Hall–Kier alpha value is -0.570. The third-order valence-electron chi connectivity index (χ3n) is 6.22. The molecule has 0 spiro atoms. The molecular weight excluding hydrogens is 236 g/mol. The van der Waals surface area contributed by atoms with E-state index in [-0.39, 0.29) is 0 Å².